The zero-order valence-corrected chi connectivity index (χ0v) is 8.65. The van der Waals surface area contributed by atoms with E-state index in [4.69, 9.17) is 11.6 Å². The maximum Gasteiger partial charge on any atom is 0.137 e. The molecule has 3 nitrogen and oxygen atoms in total. The first kappa shape index (κ1) is 9.93. The molecule has 0 aliphatic heterocycles. The maximum absolute atomic E-state index is 9.68. The fourth-order valence-corrected chi connectivity index (χ4v) is 1.52. The number of halogens is 1. The average Bonchev–Trinajstić information content (AvgIpc) is 2.26. The second-order valence-corrected chi connectivity index (χ2v) is 3.55. The Bertz CT molecular complexity index is 459. The number of para-hydroxylation sites is 1. The fourth-order valence-electron chi connectivity index (χ4n) is 1.33. The van der Waals surface area contributed by atoms with Crippen LogP contribution in [0.1, 0.15) is 11.3 Å². The quantitative estimate of drug-likeness (QED) is 0.846. The van der Waals surface area contributed by atoms with Crippen LogP contribution in [0.5, 0.6) is 5.75 Å². The van der Waals surface area contributed by atoms with Gasteiger partial charge in [-0.3, -0.25) is 0 Å². The maximum atomic E-state index is 9.68. The highest BCUT2D eigenvalue weighted by molar-refractivity contribution is 6.32. The number of phenolic OH excluding ortho intramolecular Hbond substituents is 1. The van der Waals surface area contributed by atoms with Crippen LogP contribution in [-0.2, 0) is 6.42 Å². The molecule has 15 heavy (non-hydrogen) atoms. The van der Waals surface area contributed by atoms with E-state index in [-0.39, 0.29) is 5.75 Å². The van der Waals surface area contributed by atoms with Crippen molar-refractivity contribution in [2.24, 2.45) is 0 Å². The van der Waals surface area contributed by atoms with Gasteiger partial charge in [0.05, 0.1) is 10.7 Å². The molecule has 1 aromatic carbocycles. The van der Waals surface area contributed by atoms with Crippen molar-refractivity contribution >= 4 is 11.6 Å². The smallest absolute Gasteiger partial charge is 0.137 e. The monoisotopic (exact) mass is 220 g/mol. The molecule has 0 aliphatic rings. The Balaban J connectivity index is 2.29. The van der Waals surface area contributed by atoms with Crippen molar-refractivity contribution in [2.75, 3.05) is 0 Å². The van der Waals surface area contributed by atoms with E-state index >= 15 is 0 Å². The Hall–Kier alpha value is -1.61. The lowest BCUT2D eigenvalue weighted by atomic mass is 10.1. The SMILES string of the molecule is Oc1c(Cl)cccc1Cc1cccnn1. The summed E-state index contributed by atoms with van der Waals surface area (Å²) >= 11 is 5.79. The molecule has 4 heteroatoms. The van der Waals surface area contributed by atoms with Gasteiger partial charge in [-0.1, -0.05) is 23.7 Å². The van der Waals surface area contributed by atoms with Crippen LogP contribution in [0.2, 0.25) is 5.02 Å². The van der Waals surface area contributed by atoms with Gasteiger partial charge >= 0.3 is 0 Å². The summed E-state index contributed by atoms with van der Waals surface area (Å²) in [5.41, 5.74) is 1.55. The van der Waals surface area contributed by atoms with Crippen LogP contribution in [-0.4, -0.2) is 15.3 Å². The summed E-state index contributed by atoms with van der Waals surface area (Å²) in [5.74, 6) is 0.116. The summed E-state index contributed by atoms with van der Waals surface area (Å²) in [7, 11) is 0. The van der Waals surface area contributed by atoms with E-state index in [9.17, 15) is 5.11 Å². The molecule has 1 aromatic heterocycles. The van der Waals surface area contributed by atoms with Crippen molar-refractivity contribution in [1.29, 1.82) is 0 Å². The predicted molar refractivity (Wildman–Crippen MR) is 58.0 cm³/mol. The van der Waals surface area contributed by atoms with E-state index in [0.717, 1.165) is 11.3 Å². The summed E-state index contributed by atoms with van der Waals surface area (Å²) in [6, 6.07) is 8.93. The van der Waals surface area contributed by atoms with Crippen LogP contribution in [0.4, 0.5) is 0 Å². The third-order valence-corrected chi connectivity index (χ3v) is 2.37. The van der Waals surface area contributed by atoms with Crippen LogP contribution in [0.25, 0.3) is 0 Å². The molecule has 0 atom stereocenters. The van der Waals surface area contributed by atoms with Gasteiger partial charge in [0.15, 0.2) is 0 Å². The lowest BCUT2D eigenvalue weighted by Crippen LogP contribution is -1.93. The van der Waals surface area contributed by atoms with Gasteiger partial charge in [-0.15, -0.1) is 0 Å². The Kier molecular flexibility index (Phi) is 2.83. The molecule has 0 amide bonds. The molecule has 76 valence electrons. The van der Waals surface area contributed by atoms with E-state index in [1.54, 1.807) is 18.3 Å². The van der Waals surface area contributed by atoms with Crippen molar-refractivity contribution in [3.8, 4) is 5.75 Å². The summed E-state index contributed by atoms with van der Waals surface area (Å²) < 4.78 is 0. The molecule has 0 saturated carbocycles. The van der Waals surface area contributed by atoms with Gasteiger partial charge in [0, 0.05) is 18.2 Å². The molecular weight excluding hydrogens is 212 g/mol. The molecule has 2 aromatic rings. The predicted octanol–water partition coefficient (Wildman–Crippen LogP) is 2.43. The van der Waals surface area contributed by atoms with Gasteiger partial charge in [0.25, 0.3) is 0 Å². The molecule has 0 bridgehead atoms. The fraction of sp³-hybridized carbons (Fsp3) is 0.0909. The normalized spacial score (nSPS) is 10.2. The minimum Gasteiger partial charge on any atom is -0.506 e. The standard InChI is InChI=1S/C11H9ClN2O/c12-10-5-1-3-8(11(10)15)7-9-4-2-6-13-14-9/h1-6,15H,7H2. The van der Waals surface area contributed by atoms with Gasteiger partial charge < -0.3 is 5.11 Å². The van der Waals surface area contributed by atoms with E-state index in [0.29, 0.717) is 11.4 Å². The van der Waals surface area contributed by atoms with Gasteiger partial charge in [-0.05, 0) is 18.2 Å². The number of rotatable bonds is 2. The van der Waals surface area contributed by atoms with E-state index in [2.05, 4.69) is 10.2 Å². The first-order valence-corrected chi connectivity index (χ1v) is 4.88. The van der Waals surface area contributed by atoms with Gasteiger partial charge in [0.2, 0.25) is 0 Å². The molecule has 0 saturated heterocycles. The van der Waals surface area contributed by atoms with Gasteiger partial charge in [-0.2, -0.15) is 10.2 Å². The number of benzene rings is 1. The van der Waals surface area contributed by atoms with Crippen molar-refractivity contribution in [3.05, 3.63) is 52.8 Å². The Morgan fingerprint density at radius 2 is 2.07 bits per heavy atom. The minimum absolute atomic E-state index is 0.116. The van der Waals surface area contributed by atoms with Crippen LogP contribution in [0.15, 0.2) is 36.5 Å². The van der Waals surface area contributed by atoms with Crippen molar-refractivity contribution in [1.82, 2.24) is 10.2 Å². The van der Waals surface area contributed by atoms with Crippen molar-refractivity contribution < 1.29 is 5.11 Å². The third kappa shape index (κ3) is 2.25. The number of hydrogen-bond donors (Lipinski definition) is 1. The number of hydrogen-bond acceptors (Lipinski definition) is 3. The highest BCUT2D eigenvalue weighted by Gasteiger charge is 2.06. The lowest BCUT2D eigenvalue weighted by Gasteiger charge is -2.04. The second-order valence-electron chi connectivity index (χ2n) is 3.14. The first-order chi connectivity index (χ1) is 7.27. The molecule has 0 aliphatic carbocycles. The first-order valence-electron chi connectivity index (χ1n) is 4.50. The molecule has 2 rings (SSSR count). The van der Waals surface area contributed by atoms with Crippen LogP contribution < -0.4 is 0 Å². The second kappa shape index (κ2) is 4.28. The van der Waals surface area contributed by atoms with E-state index in [1.165, 1.54) is 0 Å². The largest absolute Gasteiger partial charge is 0.506 e. The third-order valence-electron chi connectivity index (χ3n) is 2.07. The molecular formula is C11H9ClN2O. The van der Waals surface area contributed by atoms with E-state index < -0.39 is 0 Å². The topological polar surface area (TPSA) is 46.0 Å². The average molecular weight is 221 g/mol. The molecule has 0 unspecified atom stereocenters. The molecule has 0 spiro atoms. The summed E-state index contributed by atoms with van der Waals surface area (Å²) in [5, 5.41) is 17.7. The molecule has 0 fully saturated rings. The summed E-state index contributed by atoms with van der Waals surface area (Å²) in [6.45, 7) is 0. The number of aromatic nitrogens is 2. The lowest BCUT2D eigenvalue weighted by molar-refractivity contribution is 0.469. The summed E-state index contributed by atoms with van der Waals surface area (Å²) in [4.78, 5) is 0. The van der Waals surface area contributed by atoms with Crippen LogP contribution >= 0.6 is 11.6 Å². The summed E-state index contributed by atoms with van der Waals surface area (Å²) in [6.07, 6.45) is 2.14. The molecule has 1 heterocycles. The zero-order chi connectivity index (χ0) is 10.7. The number of phenols is 1. The molecule has 0 radical (unpaired) electrons. The number of nitrogens with zero attached hydrogens (tertiary/aromatic N) is 2. The van der Waals surface area contributed by atoms with Crippen molar-refractivity contribution in [2.45, 2.75) is 6.42 Å². The van der Waals surface area contributed by atoms with Crippen molar-refractivity contribution in [3.63, 3.8) is 0 Å². The zero-order valence-electron chi connectivity index (χ0n) is 7.89. The van der Waals surface area contributed by atoms with Crippen LogP contribution in [0.3, 0.4) is 0 Å². The van der Waals surface area contributed by atoms with E-state index in [1.807, 2.05) is 18.2 Å². The number of aromatic hydroxyl groups is 1. The Morgan fingerprint density at radius 1 is 1.20 bits per heavy atom. The highest BCUT2D eigenvalue weighted by atomic mass is 35.5. The van der Waals surface area contributed by atoms with Gasteiger partial charge in [0.1, 0.15) is 5.75 Å². The highest BCUT2D eigenvalue weighted by Crippen LogP contribution is 2.28. The Morgan fingerprint density at radius 3 is 2.80 bits per heavy atom. The molecule has 1 N–H and O–H groups in total. The Labute approximate surface area is 92.4 Å². The van der Waals surface area contributed by atoms with Gasteiger partial charge in [-0.25, -0.2) is 0 Å². The van der Waals surface area contributed by atoms with Crippen LogP contribution in [0, 0.1) is 0 Å². The minimum atomic E-state index is 0.116.